The first kappa shape index (κ1) is 35.0. The lowest BCUT2D eigenvalue weighted by atomic mass is 9.61. The lowest BCUT2D eigenvalue weighted by molar-refractivity contribution is -0.150. The summed E-state index contributed by atoms with van der Waals surface area (Å²) >= 11 is 0. The van der Waals surface area contributed by atoms with Crippen LogP contribution in [0.25, 0.3) is 0 Å². The van der Waals surface area contributed by atoms with Crippen LogP contribution >= 0.6 is 0 Å². The first-order valence-electron chi connectivity index (χ1n) is 16.2. The Morgan fingerprint density at radius 1 is 0.776 bits per heavy atom. The van der Waals surface area contributed by atoms with Crippen LogP contribution in [0.5, 0.6) is 23.0 Å². The number of amides is 2. The Labute approximate surface area is 286 Å². The molecule has 0 aliphatic heterocycles. The molecule has 1 aliphatic carbocycles. The van der Waals surface area contributed by atoms with Crippen LogP contribution in [0.2, 0.25) is 0 Å². The molecule has 4 aromatic carbocycles. The van der Waals surface area contributed by atoms with Gasteiger partial charge in [-0.2, -0.15) is 0 Å². The van der Waals surface area contributed by atoms with Crippen LogP contribution < -0.4 is 29.6 Å². The zero-order valence-corrected chi connectivity index (χ0v) is 28.1. The fraction of sp³-hybridized carbons (Fsp3) is 0.308. The highest BCUT2D eigenvalue weighted by atomic mass is 16.5. The number of rotatable bonds is 13. The molecular weight excluding hydrogens is 624 g/mol. The Balaban J connectivity index is 1.56. The van der Waals surface area contributed by atoms with Gasteiger partial charge in [0.05, 0.1) is 50.3 Å². The number of aliphatic hydroxyl groups is 1. The molecule has 1 fully saturated rings. The molecule has 0 saturated heterocycles. The number of ether oxygens (including phenoxy) is 4. The molecule has 0 aromatic heterocycles. The maximum atomic E-state index is 14.3. The number of hydrogen-bond donors (Lipinski definition) is 3. The molecule has 0 spiro atoms. The number of Topliss-reactive ketones (excluding diaryl/α,β-unsaturated/α-hetero) is 1. The van der Waals surface area contributed by atoms with Gasteiger partial charge in [0, 0.05) is 18.8 Å². The minimum atomic E-state index is -1.81. The van der Waals surface area contributed by atoms with E-state index in [-0.39, 0.29) is 0 Å². The van der Waals surface area contributed by atoms with Crippen LogP contribution in [-0.2, 0) is 20.8 Å². The molecule has 10 heteroatoms. The van der Waals surface area contributed by atoms with Gasteiger partial charge < -0.3 is 34.7 Å². The summed E-state index contributed by atoms with van der Waals surface area (Å²) in [5.41, 5.74) is 0.506. The Hall–Kier alpha value is -5.35. The third kappa shape index (κ3) is 8.04. The van der Waals surface area contributed by atoms with Crippen molar-refractivity contribution < 1.29 is 38.4 Å². The molecule has 10 nitrogen and oxygen atoms in total. The monoisotopic (exact) mass is 666 g/mol. The molecule has 0 radical (unpaired) electrons. The predicted octanol–water partition coefficient (Wildman–Crippen LogP) is 6.04. The lowest BCUT2D eigenvalue weighted by Crippen LogP contribution is -2.56. The predicted molar refractivity (Wildman–Crippen MR) is 186 cm³/mol. The standard InChI is InChI=1S/C39H42N2O8/c1-5-48-33-23-26(19-20-32(33)49-22-21-25-13-7-6-8-14-25)34-35(37(43)40-27-15-9-11-17-30(27)46-3)29(42)24-39(2,45)36(34)38(44)41-28-16-10-12-18-31(28)47-4/h6-20,23,34-36,45H,5,21-22,24H2,1-4H3,(H,40,43)(H,41,44). The molecule has 3 N–H and O–H groups in total. The number of hydrogen-bond acceptors (Lipinski definition) is 8. The van der Waals surface area contributed by atoms with E-state index in [4.69, 9.17) is 18.9 Å². The fourth-order valence-corrected chi connectivity index (χ4v) is 6.45. The number of nitrogens with one attached hydrogen (secondary N) is 2. The van der Waals surface area contributed by atoms with E-state index in [9.17, 15) is 19.5 Å². The molecule has 0 bridgehead atoms. The highest BCUT2D eigenvalue weighted by Gasteiger charge is 2.56. The van der Waals surface area contributed by atoms with Gasteiger partial charge in [0.1, 0.15) is 23.2 Å². The first-order chi connectivity index (χ1) is 23.7. The maximum Gasteiger partial charge on any atom is 0.235 e. The first-order valence-corrected chi connectivity index (χ1v) is 16.2. The molecule has 49 heavy (non-hydrogen) atoms. The van der Waals surface area contributed by atoms with Crippen molar-refractivity contribution in [2.45, 2.75) is 38.2 Å². The zero-order chi connectivity index (χ0) is 35.0. The van der Waals surface area contributed by atoms with E-state index in [0.717, 1.165) is 5.56 Å². The van der Waals surface area contributed by atoms with E-state index in [2.05, 4.69) is 10.6 Å². The normalized spacial score (nSPS) is 20.2. The number of methoxy groups -OCH3 is 2. The summed E-state index contributed by atoms with van der Waals surface area (Å²) in [5, 5.41) is 17.5. The van der Waals surface area contributed by atoms with Crippen molar-refractivity contribution in [1.82, 2.24) is 0 Å². The summed E-state index contributed by atoms with van der Waals surface area (Å²) in [4.78, 5) is 42.3. The topological polar surface area (TPSA) is 132 Å². The van der Waals surface area contributed by atoms with Crippen LogP contribution in [0.15, 0.2) is 97.1 Å². The lowest BCUT2D eigenvalue weighted by Gasteiger charge is -2.44. The SMILES string of the molecule is CCOc1cc(C2C(C(=O)Nc3ccccc3OC)C(=O)CC(C)(O)C2C(=O)Nc2ccccc2OC)ccc1OCCc1ccccc1. The van der Waals surface area contributed by atoms with Crippen LogP contribution in [0.1, 0.15) is 37.3 Å². The quantitative estimate of drug-likeness (QED) is 0.147. The van der Waals surface area contributed by atoms with Gasteiger partial charge in [-0.15, -0.1) is 0 Å². The van der Waals surface area contributed by atoms with Gasteiger partial charge >= 0.3 is 0 Å². The molecule has 0 heterocycles. The van der Waals surface area contributed by atoms with Gasteiger partial charge in [0.25, 0.3) is 0 Å². The van der Waals surface area contributed by atoms with E-state index in [1.165, 1.54) is 21.1 Å². The van der Waals surface area contributed by atoms with Gasteiger partial charge in [0.2, 0.25) is 11.8 Å². The molecule has 1 saturated carbocycles. The second-order valence-electron chi connectivity index (χ2n) is 12.1. The van der Waals surface area contributed by atoms with Gasteiger partial charge in [0.15, 0.2) is 11.5 Å². The molecule has 4 atom stereocenters. The third-order valence-corrected chi connectivity index (χ3v) is 8.71. The number of carbonyl (C=O) groups excluding carboxylic acids is 3. The van der Waals surface area contributed by atoms with Crippen molar-refractivity contribution in [2.24, 2.45) is 11.8 Å². The number of ketones is 1. The van der Waals surface area contributed by atoms with E-state index < -0.39 is 47.4 Å². The van der Waals surface area contributed by atoms with Crippen molar-refractivity contribution in [3.05, 3.63) is 108 Å². The molecule has 1 aliphatic rings. The largest absolute Gasteiger partial charge is 0.495 e. The summed E-state index contributed by atoms with van der Waals surface area (Å²) in [5.74, 6) is -3.74. The number of carbonyl (C=O) groups is 3. The average Bonchev–Trinajstić information content (AvgIpc) is 3.09. The van der Waals surface area contributed by atoms with Crippen molar-refractivity contribution in [3.8, 4) is 23.0 Å². The second-order valence-corrected chi connectivity index (χ2v) is 12.1. The zero-order valence-electron chi connectivity index (χ0n) is 28.1. The number of benzene rings is 4. The van der Waals surface area contributed by atoms with E-state index in [1.54, 1.807) is 66.7 Å². The minimum Gasteiger partial charge on any atom is -0.495 e. The van der Waals surface area contributed by atoms with Crippen LogP contribution in [0.3, 0.4) is 0 Å². The molecule has 2 amide bonds. The van der Waals surface area contributed by atoms with Gasteiger partial charge in [-0.05, 0) is 61.4 Å². The molecule has 4 aromatic rings. The van der Waals surface area contributed by atoms with Gasteiger partial charge in [-0.25, -0.2) is 0 Å². The number of anilines is 2. The Kier molecular flexibility index (Phi) is 11.2. The van der Waals surface area contributed by atoms with Crippen molar-refractivity contribution >= 4 is 29.0 Å². The summed E-state index contributed by atoms with van der Waals surface area (Å²) < 4.78 is 23.0. The summed E-state index contributed by atoms with van der Waals surface area (Å²) in [7, 11) is 2.97. The highest BCUT2D eigenvalue weighted by molar-refractivity contribution is 6.11. The smallest absolute Gasteiger partial charge is 0.235 e. The highest BCUT2D eigenvalue weighted by Crippen LogP contribution is 2.48. The molecule has 4 unspecified atom stereocenters. The fourth-order valence-electron chi connectivity index (χ4n) is 6.45. The average molecular weight is 667 g/mol. The summed E-state index contributed by atoms with van der Waals surface area (Å²) in [6, 6.07) is 28.8. The van der Waals surface area contributed by atoms with E-state index in [1.807, 2.05) is 37.3 Å². The molecule has 256 valence electrons. The van der Waals surface area contributed by atoms with Gasteiger partial charge in [-0.1, -0.05) is 60.7 Å². The Morgan fingerprint density at radius 3 is 1.98 bits per heavy atom. The minimum absolute atomic E-state index is 0.315. The summed E-state index contributed by atoms with van der Waals surface area (Å²) in [6.07, 6.45) is 0.251. The molecule has 5 rings (SSSR count). The van der Waals surface area contributed by atoms with Crippen LogP contribution in [0.4, 0.5) is 11.4 Å². The van der Waals surface area contributed by atoms with Crippen molar-refractivity contribution in [1.29, 1.82) is 0 Å². The van der Waals surface area contributed by atoms with Gasteiger partial charge in [-0.3, -0.25) is 14.4 Å². The Bertz CT molecular complexity index is 1770. The third-order valence-electron chi connectivity index (χ3n) is 8.71. The van der Waals surface area contributed by atoms with Crippen LogP contribution in [-0.4, -0.2) is 55.7 Å². The van der Waals surface area contributed by atoms with Crippen molar-refractivity contribution in [2.75, 3.05) is 38.1 Å². The maximum absolute atomic E-state index is 14.3. The molecular formula is C39H42N2O8. The van der Waals surface area contributed by atoms with Crippen molar-refractivity contribution in [3.63, 3.8) is 0 Å². The second kappa shape index (κ2) is 15.7. The number of para-hydroxylation sites is 4. The van der Waals surface area contributed by atoms with E-state index >= 15 is 0 Å². The summed E-state index contributed by atoms with van der Waals surface area (Å²) in [6.45, 7) is 3.98. The van der Waals surface area contributed by atoms with Crippen LogP contribution in [0, 0.1) is 11.8 Å². The van der Waals surface area contributed by atoms with E-state index in [0.29, 0.717) is 59.6 Å². The Morgan fingerprint density at radius 2 is 1.37 bits per heavy atom.